The molecule has 0 bridgehead atoms. The van der Waals surface area contributed by atoms with Crippen LogP contribution in [0, 0.1) is 0 Å². The first-order valence-corrected chi connectivity index (χ1v) is 10.7. The van der Waals surface area contributed by atoms with Crippen molar-refractivity contribution in [1.29, 1.82) is 0 Å². The molecule has 0 radical (unpaired) electrons. The summed E-state index contributed by atoms with van der Waals surface area (Å²) >= 11 is 0. The molecular formula is C22H36IN3O4. The van der Waals surface area contributed by atoms with Crippen LogP contribution in [-0.4, -0.2) is 70.1 Å². The van der Waals surface area contributed by atoms with Crippen LogP contribution in [0.15, 0.2) is 23.2 Å². The van der Waals surface area contributed by atoms with Gasteiger partial charge in [-0.05, 0) is 50.3 Å². The van der Waals surface area contributed by atoms with Gasteiger partial charge in [0.05, 0.1) is 32.5 Å². The minimum absolute atomic E-state index is 0. The van der Waals surface area contributed by atoms with E-state index in [0.29, 0.717) is 25.4 Å². The molecule has 8 heteroatoms. The van der Waals surface area contributed by atoms with Crippen molar-refractivity contribution in [3.8, 4) is 11.5 Å². The van der Waals surface area contributed by atoms with Crippen LogP contribution in [0.2, 0.25) is 0 Å². The lowest BCUT2D eigenvalue weighted by Gasteiger charge is -2.34. The van der Waals surface area contributed by atoms with Gasteiger partial charge in [0.1, 0.15) is 0 Å². The third-order valence-electron chi connectivity index (χ3n) is 5.47. The number of benzene rings is 1. The van der Waals surface area contributed by atoms with Crippen molar-refractivity contribution in [1.82, 2.24) is 10.2 Å². The zero-order valence-electron chi connectivity index (χ0n) is 18.4. The van der Waals surface area contributed by atoms with Crippen molar-refractivity contribution in [3.05, 3.63) is 23.8 Å². The molecule has 1 unspecified atom stereocenters. The topological polar surface area (TPSA) is 64.6 Å². The summed E-state index contributed by atoms with van der Waals surface area (Å²) in [5, 5.41) is 3.47. The standard InChI is InChI=1S/C22H35N3O4.HI/c1-4-27-21-14-17(7-8-20(21)26-3)15-24-22(23-2)25-11-9-18(10-12-25)29-16-19-6-5-13-28-19;/h7-8,14,18-19H,4-6,9-13,15-16H2,1-3H3,(H,23,24);1H. The first kappa shape index (κ1) is 25.0. The molecule has 2 aliphatic rings. The second kappa shape index (κ2) is 13.2. The lowest BCUT2D eigenvalue weighted by molar-refractivity contribution is -0.0367. The average Bonchev–Trinajstić information content (AvgIpc) is 3.28. The fourth-order valence-electron chi connectivity index (χ4n) is 3.87. The zero-order valence-corrected chi connectivity index (χ0v) is 20.7. The highest BCUT2D eigenvalue weighted by Gasteiger charge is 2.24. The van der Waals surface area contributed by atoms with Gasteiger partial charge >= 0.3 is 0 Å². The van der Waals surface area contributed by atoms with E-state index in [0.717, 1.165) is 75.0 Å². The molecule has 0 spiro atoms. The Hall–Kier alpha value is -1.26. The molecule has 1 aromatic carbocycles. The minimum atomic E-state index is 0. The molecule has 2 aliphatic heterocycles. The number of likely N-dealkylation sites (tertiary alicyclic amines) is 1. The summed E-state index contributed by atoms with van der Waals surface area (Å²) in [4.78, 5) is 6.77. The van der Waals surface area contributed by atoms with Crippen LogP contribution < -0.4 is 14.8 Å². The third-order valence-corrected chi connectivity index (χ3v) is 5.47. The number of hydrogen-bond acceptors (Lipinski definition) is 5. The molecule has 2 fully saturated rings. The molecule has 1 aromatic rings. The Morgan fingerprint density at radius 2 is 2.03 bits per heavy atom. The fourth-order valence-corrected chi connectivity index (χ4v) is 3.87. The highest BCUT2D eigenvalue weighted by Crippen LogP contribution is 2.28. The molecule has 3 rings (SSSR count). The Morgan fingerprint density at radius 3 is 2.67 bits per heavy atom. The Kier molecular flexibility index (Phi) is 11.0. The van der Waals surface area contributed by atoms with Gasteiger partial charge in [-0.3, -0.25) is 4.99 Å². The quantitative estimate of drug-likeness (QED) is 0.314. The first-order chi connectivity index (χ1) is 14.2. The van der Waals surface area contributed by atoms with Crippen LogP contribution in [0.25, 0.3) is 0 Å². The Bertz CT molecular complexity index is 660. The molecule has 7 nitrogen and oxygen atoms in total. The molecule has 0 aromatic heterocycles. The molecule has 30 heavy (non-hydrogen) atoms. The van der Waals surface area contributed by atoms with Gasteiger partial charge in [-0.25, -0.2) is 0 Å². The number of guanidine groups is 1. The number of nitrogens with one attached hydrogen (secondary N) is 1. The lowest BCUT2D eigenvalue weighted by atomic mass is 10.1. The maximum absolute atomic E-state index is 6.08. The van der Waals surface area contributed by atoms with E-state index in [2.05, 4.69) is 15.2 Å². The number of nitrogens with zero attached hydrogens (tertiary/aromatic N) is 2. The molecule has 0 aliphatic carbocycles. The number of piperidine rings is 1. The molecule has 170 valence electrons. The van der Waals surface area contributed by atoms with Gasteiger partial charge < -0.3 is 29.2 Å². The Labute approximate surface area is 197 Å². The van der Waals surface area contributed by atoms with Gasteiger partial charge in [0, 0.05) is 33.3 Å². The van der Waals surface area contributed by atoms with E-state index in [-0.39, 0.29) is 24.0 Å². The summed E-state index contributed by atoms with van der Waals surface area (Å²) in [6, 6.07) is 6.02. The maximum Gasteiger partial charge on any atom is 0.193 e. The van der Waals surface area contributed by atoms with E-state index < -0.39 is 0 Å². The van der Waals surface area contributed by atoms with Crippen molar-refractivity contribution in [2.75, 3.05) is 47.1 Å². The number of ether oxygens (including phenoxy) is 4. The highest BCUT2D eigenvalue weighted by atomic mass is 127. The van der Waals surface area contributed by atoms with E-state index >= 15 is 0 Å². The van der Waals surface area contributed by atoms with Crippen LogP contribution in [0.5, 0.6) is 11.5 Å². The van der Waals surface area contributed by atoms with E-state index in [9.17, 15) is 0 Å². The third kappa shape index (κ3) is 7.16. The summed E-state index contributed by atoms with van der Waals surface area (Å²) in [5.74, 6) is 2.45. The zero-order chi connectivity index (χ0) is 20.5. The molecule has 2 heterocycles. The Balaban J connectivity index is 0.00000320. The van der Waals surface area contributed by atoms with Gasteiger partial charge in [0.15, 0.2) is 17.5 Å². The van der Waals surface area contributed by atoms with Crippen molar-refractivity contribution in [2.24, 2.45) is 4.99 Å². The molecule has 0 amide bonds. The summed E-state index contributed by atoms with van der Waals surface area (Å²) in [7, 11) is 3.49. The fraction of sp³-hybridized carbons (Fsp3) is 0.682. The van der Waals surface area contributed by atoms with Crippen LogP contribution in [0.4, 0.5) is 0 Å². The van der Waals surface area contributed by atoms with Crippen molar-refractivity contribution in [3.63, 3.8) is 0 Å². The summed E-state index contributed by atoms with van der Waals surface area (Å²) < 4.78 is 22.8. The second-order valence-electron chi connectivity index (χ2n) is 7.47. The van der Waals surface area contributed by atoms with Gasteiger partial charge in [0.2, 0.25) is 0 Å². The number of rotatable bonds is 8. The monoisotopic (exact) mass is 533 g/mol. The minimum Gasteiger partial charge on any atom is -0.493 e. The molecule has 2 saturated heterocycles. The largest absolute Gasteiger partial charge is 0.493 e. The second-order valence-corrected chi connectivity index (χ2v) is 7.47. The average molecular weight is 533 g/mol. The first-order valence-electron chi connectivity index (χ1n) is 10.7. The van der Waals surface area contributed by atoms with Gasteiger partial charge in [0.25, 0.3) is 0 Å². The summed E-state index contributed by atoms with van der Waals surface area (Å²) in [6.07, 6.45) is 4.95. The SMILES string of the molecule is CCOc1cc(CNC(=NC)N2CCC(OCC3CCCO3)CC2)ccc1OC.I. The summed E-state index contributed by atoms with van der Waals surface area (Å²) in [6.45, 7) is 6.78. The van der Waals surface area contributed by atoms with Gasteiger partial charge in [-0.1, -0.05) is 6.07 Å². The van der Waals surface area contributed by atoms with Crippen LogP contribution in [0.3, 0.4) is 0 Å². The molecule has 1 atom stereocenters. The van der Waals surface area contributed by atoms with Crippen LogP contribution in [0.1, 0.15) is 38.2 Å². The van der Waals surface area contributed by atoms with E-state index in [1.807, 2.05) is 32.2 Å². The van der Waals surface area contributed by atoms with E-state index in [4.69, 9.17) is 18.9 Å². The van der Waals surface area contributed by atoms with Crippen molar-refractivity contribution in [2.45, 2.75) is 51.4 Å². The van der Waals surface area contributed by atoms with E-state index in [1.54, 1.807) is 7.11 Å². The van der Waals surface area contributed by atoms with Crippen LogP contribution >= 0.6 is 24.0 Å². The summed E-state index contributed by atoms with van der Waals surface area (Å²) in [5.41, 5.74) is 1.13. The molecule has 0 saturated carbocycles. The van der Waals surface area contributed by atoms with Crippen molar-refractivity contribution >= 4 is 29.9 Å². The molecule has 1 N–H and O–H groups in total. The van der Waals surface area contributed by atoms with Crippen LogP contribution in [-0.2, 0) is 16.0 Å². The molecular weight excluding hydrogens is 497 g/mol. The van der Waals surface area contributed by atoms with Crippen molar-refractivity contribution < 1.29 is 18.9 Å². The lowest BCUT2D eigenvalue weighted by Crippen LogP contribution is -2.47. The highest BCUT2D eigenvalue weighted by molar-refractivity contribution is 14.0. The maximum atomic E-state index is 6.08. The van der Waals surface area contributed by atoms with E-state index in [1.165, 1.54) is 0 Å². The number of halogens is 1. The van der Waals surface area contributed by atoms with Gasteiger partial charge in [-0.15, -0.1) is 24.0 Å². The number of aliphatic imine (C=N–C) groups is 1. The Morgan fingerprint density at radius 1 is 1.23 bits per heavy atom. The predicted octanol–water partition coefficient (Wildman–Crippen LogP) is 3.45. The number of methoxy groups -OCH3 is 1. The smallest absolute Gasteiger partial charge is 0.193 e. The predicted molar refractivity (Wildman–Crippen MR) is 129 cm³/mol. The normalized spacial score (nSPS) is 20.0. The number of hydrogen-bond donors (Lipinski definition) is 1. The van der Waals surface area contributed by atoms with Gasteiger partial charge in [-0.2, -0.15) is 0 Å².